The summed E-state index contributed by atoms with van der Waals surface area (Å²) in [4.78, 5) is 30.8. The molecule has 1 saturated carbocycles. The normalized spacial score (nSPS) is 29.8. The average molecular weight is 474 g/mol. The van der Waals surface area contributed by atoms with Crippen molar-refractivity contribution in [2.45, 2.75) is 62.4 Å². The topological polar surface area (TPSA) is 91.3 Å². The van der Waals surface area contributed by atoms with Crippen LogP contribution in [0.5, 0.6) is 0 Å². The molecule has 5 rings (SSSR count). The second-order valence-electron chi connectivity index (χ2n) is 10.1. The van der Waals surface area contributed by atoms with Gasteiger partial charge in [-0.25, -0.2) is 0 Å². The standard InChI is InChI=1S/C24H25Cl2N3O3/c1-22(2)5-7-23(8-6-22)24(16-4-3-14(25)10-17(16)28-21(24)32)18(19(29-23)20(30)31)13-9-15(26)12-27-11-13/h3-4,9-12,18-19,29H,5-8H2,1-2H3,(H,28,32)(H,30,31)/t18-,19+,24+/m0/s1. The highest BCUT2D eigenvalue weighted by molar-refractivity contribution is 6.31. The number of nitrogens with one attached hydrogen (secondary N) is 2. The van der Waals surface area contributed by atoms with E-state index in [4.69, 9.17) is 23.2 Å². The Morgan fingerprint density at radius 2 is 1.81 bits per heavy atom. The van der Waals surface area contributed by atoms with E-state index in [0.717, 1.165) is 18.4 Å². The van der Waals surface area contributed by atoms with Crippen LogP contribution in [0.1, 0.15) is 56.6 Å². The number of halogens is 2. The van der Waals surface area contributed by atoms with Gasteiger partial charge in [0.25, 0.3) is 0 Å². The summed E-state index contributed by atoms with van der Waals surface area (Å²) in [6, 6.07) is 6.14. The van der Waals surface area contributed by atoms with Gasteiger partial charge < -0.3 is 10.4 Å². The Hall–Kier alpha value is -2.15. The monoisotopic (exact) mass is 473 g/mol. The van der Waals surface area contributed by atoms with Crippen LogP contribution >= 0.6 is 23.2 Å². The Balaban J connectivity index is 1.81. The molecule has 32 heavy (non-hydrogen) atoms. The van der Waals surface area contributed by atoms with Gasteiger partial charge in [0.2, 0.25) is 5.91 Å². The van der Waals surface area contributed by atoms with Crippen LogP contribution < -0.4 is 10.6 Å². The van der Waals surface area contributed by atoms with Crippen molar-refractivity contribution in [3.8, 4) is 0 Å². The predicted octanol–water partition coefficient (Wildman–Crippen LogP) is 4.76. The maximum Gasteiger partial charge on any atom is 0.321 e. The zero-order valence-corrected chi connectivity index (χ0v) is 19.4. The SMILES string of the molecule is CC1(C)CCC2(CC1)N[C@@H](C(=O)O)[C@H](c1cncc(Cl)c1)[C@]21C(=O)Nc2cc(Cl)ccc21. The molecule has 0 unspecified atom stereocenters. The van der Waals surface area contributed by atoms with Gasteiger partial charge in [-0.15, -0.1) is 0 Å². The molecular weight excluding hydrogens is 449 g/mol. The first-order valence-electron chi connectivity index (χ1n) is 10.8. The van der Waals surface area contributed by atoms with Gasteiger partial charge in [-0.1, -0.05) is 43.1 Å². The summed E-state index contributed by atoms with van der Waals surface area (Å²) >= 11 is 12.5. The molecule has 2 aromatic rings. The van der Waals surface area contributed by atoms with Crippen molar-refractivity contribution in [2.75, 3.05) is 5.32 Å². The number of aromatic nitrogens is 1. The van der Waals surface area contributed by atoms with E-state index < -0.39 is 28.9 Å². The first-order chi connectivity index (χ1) is 15.1. The van der Waals surface area contributed by atoms with Crippen LogP contribution in [0.2, 0.25) is 10.0 Å². The van der Waals surface area contributed by atoms with Crippen molar-refractivity contribution in [3.05, 3.63) is 57.8 Å². The highest BCUT2D eigenvalue weighted by Gasteiger charge is 2.72. The summed E-state index contributed by atoms with van der Waals surface area (Å²) in [5.41, 5.74) is 0.338. The largest absolute Gasteiger partial charge is 0.480 e. The Labute approximate surface area is 196 Å². The van der Waals surface area contributed by atoms with Gasteiger partial charge in [0, 0.05) is 34.6 Å². The summed E-state index contributed by atoms with van der Waals surface area (Å²) in [6.07, 6.45) is 6.27. The predicted molar refractivity (Wildman–Crippen MR) is 123 cm³/mol. The fraction of sp³-hybridized carbons (Fsp3) is 0.458. The van der Waals surface area contributed by atoms with Gasteiger partial charge in [0.15, 0.2) is 0 Å². The van der Waals surface area contributed by atoms with Crippen LogP contribution in [-0.4, -0.2) is 33.5 Å². The summed E-state index contributed by atoms with van der Waals surface area (Å²) in [6.45, 7) is 4.44. The third-order valence-electron chi connectivity index (χ3n) is 7.81. The minimum absolute atomic E-state index is 0.125. The molecule has 168 valence electrons. The number of benzene rings is 1. The fourth-order valence-electron chi connectivity index (χ4n) is 6.27. The molecule has 3 N–H and O–H groups in total. The number of amides is 1. The molecule has 1 aromatic heterocycles. The van der Waals surface area contributed by atoms with Crippen molar-refractivity contribution < 1.29 is 14.7 Å². The molecule has 1 saturated heterocycles. The third-order valence-corrected chi connectivity index (χ3v) is 8.25. The number of carbonyl (C=O) groups is 2. The lowest BCUT2D eigenvalue weighted by atomic mass is 9.53. The summed E-state index contributed by atoms with van der Waals surface area (Å²) in [7, 11) is 0. The van der Waals surface area contributed by atoms with Crippen LogP contribution in [0.25, 0.3) is 0 Å². The van der Waals surface area contributed by atoms with Crippen molar-refractivity contribution >= 4 is 40.8 Å². The van der Waals surface area contributed by atoms with E-state index in [1.165, 1.54) is 6.20 Å². The number of pyridine rings is 1. The number of anilines is 1. The molecule has 2 spiro atoms. The summed E-state index contributed by atoms with van der Waals surface area (Å²) in [5.74, 6) is -1.88. The number of carboxylic acids is 1. The van der Waals surface area contributed by atoms with E-state index in [1.54, 1.807) is 24.4 Å². The van der Waals surface area contributed by atoms with Crippen LogP contribution in [-0.2, 0) is 15.0 Å². The van der Waals surface area contributed by atoms with Crippen LogP contribution in [0.3, 0.4) is 0 Å². The highest BCUT2D eigenvalue weighted by atomic mass is 35.5. The van der Waals surface area contributed by atoms with E-state index in [-0.39, 0.29) is 11.3 Å². The number of nitrogens with zero attached hydrogens (tertiary/aromatic N) is 1. The molecule has 3 heterocycles. The molecule has 1 aliphatic carbocycles. The molecule has 6 nitrogen and oxygen atoms in total. The van der Waals surface area contributed by atoms with Gasteiger partial charge >= 0.3 is 5.97 Å². The Bertz CT molecular complexity index is 1130. The molecule has 0 bridgehead atoms. The Morgan fingerprint density at radius 1 is 1.09 bits per heavy atom. The molecule has 3 atom stereocenters. The molecule has 1 aromatic carbocycles. The van der Waals surface area contributed by atoms with Crippen LogP contribution in [0.4, 0.5) is 5.69 Å². The minimum atomic E-state index is -1.13. The molecule has 1 amide bonds. The second kappa shape index (κ2) is 7.17. The Morgan fingerprint density at radius 3 is 2.47 bits per heavy atom. The molecule has 3 aliphatic rings. The number of carbonyl (C=O) groups excluding carboxylic acids is 1. The zero-order chi connectivity index (χ0) is 22.9. The van der Waals surface area contributed by atoms with Gasteiger partial charge in [-0.3, -0.25) is 19.9 Å². The average Bonchev–Trinajstić information content (AvgIpc) is 3.18. The number of aliphatic carboxylic acids is 1. The van der Waals surface area contributed by atoms with Crippen molar-refractivity contribution in [3.63, 3.8) is 0 Å². The number of hydrogen-bond donors (Lipinski definition) is 3. The maximum absolute atomic E-state index is 14.0. The van der Waals surface area contributed by atoms with E-state index in [0.29, 0.717) is 34.1 Å². The number of hydrogen-bond acceptors (Lipinski definition) is 4. The molecule has 0 radical (unpaired) electrons. The van der Waals surface area contributed by atoms with Crippen molar-refractivity contribution in [1.29, 1.82) is 0 Å². The van der Waals surface area contributed by atoms with Crippen LogP contribution in [0, 0.1) is 5.41 Å². The lowest BCUT2D eigenvalue weighted by molar-refractivity contribution is -0.139. The first-order valence-corrected chi connectivity index (χ1v) is 11.6. The number of rotatable bonds is 2. The second-order valence-corrected chi connectivity index (χ2v) is 10.9. The van der Waals surface area contributed by atoms with Crippen molar-refractivity contribution in [1.82, 2.24) is 10.3 Å². The van der Waals surface area contributed by atoms with Gasteiger partial charge in [0.1, 0.15) is 11.5 Å². The molecule has 2 fully saturated rings. The minimum Gasteiger partial charge on any atom is -0.480 e. The van der Waals surface area contributed by atoms with E-state index in [2.05, 4.69) is 29.5 Å². The van der Waals surface area contributed by atoms with E-state index in [1.807, 2.05) is 6.07 Å². The van der Waals surface area contributed by atoms with E-state index in [9.17, 15) is 14.7 Å². The lowest BCUT2D eigenvalue weighted by Crippen LogP contribution is -2.61. The van der Waals surface area contributed by atoms with Gasteiger partial charge in [-0.05, 0) is 60.4 Å². The Kier molecular flexibility index (Phi) is 4.86. The molecule has 8 heteroatoms. The summed E-state index contributed by atoms with van der Waals surface area (Å²) < 4.78 is 0. The molecule has 2 aliphatic heterocycles. The quantitative estimate of drug-likeness (QED) is 0.584. The highest BCUT2D eigenvalue weighted by Crippen LogP contribution is 2.63. The first kappa shape index (κ1) is 21.7. The van der Waals surface area contributed by atoms with Crippen molar-refractivity contribution in [2.24, 2.45) is 5.41 Å². The summed E-state index contributed by atoms with van der Waals surface area (Å²) in [5, 5.41) is 17.7. The fourth-order valence-corrected chi connectivity index (χ4v) is 6.63. The number of carboxylic acid groups (broad SMARTS) is 1. The molecular formula is C24H25Cl2N3O3. The number of fused-ring (bicyclic) bond motifs is 3. The maximum atomic E-state index is 14.0. The van der Waals surface area contributed by atoms with E-state index >= 15 is 0 Å². The zero-order valence-electron chi connectivity index (χ0n) is 17.9. The van der Waals surface area contributed by atoms with Gasteiger partial charge in [0.05, 0.1) is 5.02 Å². The third kappa shape index (κ3) is 2.93. The van der Waals surface area contributed by atoms with Crippen LogP contribution in [0.15, 0.2) is 36.7 Å². The lowest BCUT2D eigenvalue weighted by Gasteiger charge is -2.50. The van der Waals surface area contributed by atoms with Gasteiger partial charge in [-0.2, -0.15) is 0 Å². The smallest absolute Gasteiger partial charge is 0.321 e.